The normalized spacial score (nSPS) is 12.7. The number of thioether (sulfide) groups is 1. The highest BCUT2D eigenvalue weighted by Gasteiger charge is 2.07. The van der Waals surface area contributed by atoms with Crippen LogP contribution in [-0.2, 0) is 4.74 Å². The molecule has 0 radical (unpaired) electrons. The number of rotatable bonds is 6. The van der Waals surface area contributed by atoms with E-state index < -0.39 is 6.10 Å². The third-order valence-electron chi connectivity index (χ3n) is 1.78. The van der Waals surface area contributed by atoms with E-state index in [9.17, 15) is 9.50 Å². The fraction of sp³-hybridized carbons (Fsp3) is 0.455. The summed E-state index contributed by atoms with van der Waals surface area (Å²) in [7, 11) is 0. The van der Waals surface area contributed by atoms with Crippen LogP contribution in [0.3, 0.4) is 0 Å². The molecule has 0 aliphatic heterocycles. The van der Waals surface area contributed by atoms with E-state index in [2.05, 4.69) is 0 Å². The van der Waals surface area contributed by atoms with Crippen molar-refractivity contribution in [1.82, 2.24) is 0 Å². The Hall–Kier alpha value is -0.580. The molecule has 0 bridgehead atoms. The van der Waals surface area contributed by atoms with Crippen molar-refractivity contribution >= 4 is 11.8 Å². The lowest BCUT2D eigenvalue weighted by Crippen LogP contribution is -2.17. The molecule has 0 saturated heterocycles. The van der Waals surface area contributed by atoms with Gasteiger partial charge in [-0.15, -0.1) is 11.8 Å². The van der Waals surface area contributed by atoms with Gasteiger partial charge < -0.3 is 9.84 Å². The molecule has 0 aromatic heterocycles. The Morgan fingerprint density at radius 3 is 2.87 bits per heavy atom. The number of hydrogen-bond acceptors (Lipinski definition) is 3. The first kappa shape index (κ1) is 12.5. The van der Waals surface area contributed by atoms with Crippen molar-refractivity contribution in [3.8, 4) is 0 Å². The summed E-state index contributed by atoms with van der Waals surface area (Å²) in [5, 5.41) is 9.46. The number of hydrogen-bond donors (Lipinski definition) is 1. The first-order chi connectivity index (χ1) is 7.24. The lowest BCUT2D eigenvalue weighted by atomic mass is 10.3. The van der Waals surface area contributed by atoms with Crippen LogP contribution in [0.25, 0.3) is 0 Å². The summed E-state index contributed by atoms with van der Waals surface area (Å²) < 4.78 is 18.2. The van der Waals surface area contributed by atoms with Crippen molar-refractivity contribution in [3.05, 3.63) is 30.1 Å². The van der Waals surface area contributed by atoms with Crippen LogP contribution in [0.5, 0.6) is 0 Å². The van der Waals surface area contributed by atoms with Gasteiger partial charge in [-0.1, -0.05) is 12.1 Å². The molecule has 0 aliphatic rings. The van der Waals surface area contributed by atoms with E-state index >= 15 is 0 Å². The van der Waals surface area contributed by atoms with Crippen LogP contribution in [0.15, 0.2) is 29.2 Å². The molecule has 1 aromatic carbocycles. The van der Waals surface area contributed by atoms with Gasteiger partial charge in [0.2, 0.25) is 0 Å². The Balaban J connectivity index is 2.33. The van der Waals surface area contributed by atoms with E-state index in [4.69, 9.17) is 4.74 Å². The maximum Gasteiger partial charge on any atom is 0.136 e. The molecule has 0 saturated carbocycles. The number of ether oxygens (including phenoxy) is 1. The quantitative estimate of drug-likeness (QED) is 0.760. The minimum atomic E-state index is -0.547. The third kappa shape index (κ3) is 4.64. The molecule has 2 nitrogen and oxygen atoms in total. The molecule has 0 aliphatic carbocycles. The zero-order valence-corrected chi connectivity index (χ0v) is 9.47. The van der Waals surface area contributed by atoms with E-state index in [1.54, 1.807) is 18.2 Å². The lowest BCUT2D eigenvalue weighted by molar-refractivity contribution is 0.0551. The number of benzene rings is 1. The highest BCUT2D eigenvalue weighted by molar-refractivity contribution is 7.99. The van der Waals surface area contributed by atoms with E-state index in [-0.39, 0.29) is 5.82 Å². The zero-order valence-electron chi connectivity index (χ0n) is 8.65. The van der Waals surface area contributed by atoms with E-state index in [1.165, 1.54) is 17.8 Å². The first-order valence-electron chi connectivity index (χ1n) is 4.87. The first-order valence-corrected chi connectivity index (χ1v) is 5.85. The van der Waals surface area contributed by atoms with Gasteiger partial charge in [0, 0.05) is 17.3 Å². The van der Waals surface area contributed by atoms with Gasteiger partial charge in [0.15, 0.2) is 0 Å². The van der Waals surface area contributed by atoms with Gasteiger partial charge >= 0.3 is 0 Å². The Bertz CT molecular complexity index is 294. The zero-order chi connectivity index (χ0) is 11.1. The molecule has 1 atom stereocenters. The van der Waals surface area contributed by atoms with Crippen molar-refractivity contribution in [2.45, 2.75) is 17.9 Å². The minimum Gasteiger partial charge on any atom is -0.390 e. The maximum absolute atomic E-state index is 13.2. The highest BCUT2D eigenvalue weighted by Crippen LogP contribution is 2.21. The van der Waals surface area contributed by atoms with Crippen LogP contribution in [-0.4, -0.2) is 30.2 Å². The highest BCUT2D eigenvalue weighted by atomic mass is 32.2. The maximum atomic E-state index is 13.2. The van der Waals surface area contributed by atoms with Crippen molar-refractivity contribution in [2.24, 2.45) is 0 Å². The molecule has 84 valence electrons. The fourth-order valence-electron chi connectivity index (χ4n) is 1.05. The number of aliphatic hydroxyl groups is 1. The molecule has 0 heterocycles. The average Bonchev–Trinajstić information content (AvgIpc) is 2.25. The van der Waals surface area contributed by atoms with Gasteiger partial charge in [0.05, 0.1) is 12.7 Å². The molecule has 1 rings (SSSR count). The third-order valence-corrected chi connectivity index (χ3v) is 2.98. The van der Waals surface area contributed by atoms with Crippen LogP contribution >= 0.6 is 11.8 Å². The van der Waals surface area contributed by atoms with Crippen molar-refractivity contribution in [3.63, 3.8) is 0 Å². The van der Waals surface area contributed by atoms with Gasteiger partial charge in [-0.2, -0.15) is 0 Å². The summed E-state index contributed by atoms with van der Waals surface area (Å²) in [5.41, 5.74) is 0. The standard InChI is InChI=1S/C11H15FO2S/c1-2-14-7-9(13)8-15-11-6-4-3-5-10(11)12/h3-6,9,13H,2,7-8H2,1H3. The molecule has 1 unspecified atom stereocenters. The van der Waals surface area contributed by atoms with E-state index in [0.717, 1.165) is 0 Å². The lowest BCUT2D eigenvalue weighted by Gasteiger charge is -2.10. The number of aliphatic hydroxyl groups excluding tert-OH is 1. The van der Waals surface area contributed by atoms with Gasteiger partial charge in [0.1, 0.15) is 5.82 Å². The summed E-state index contributed by atoms with van der Waals surface area (Å²) in [6.07, 6.45) is -0.547. The average molecular weight is 230 g/mol. The van der Waals surface area contributed by atoms with E-state index in [1.807, 2.05) is 6.92 Å². The van der Waals surface area contributed by atoms with Gasteiger partial charge in [-0.05, 0) is 19.1 Å². The molecule has 0 amide bonds. The predicted molar refractivity (Wildman–Crippen MR) is 59.6 cm³/mol. The largest absolute Gasteiger partial charge is 0.390 e. The van der Waals surface area contributed by atoms with Crippen LogP contribution in [0.1, 0.15) is 6.92 Å². The summed E-state index contributed by atoms with van der Waals surface area (Å²) >= 11 is 1.30. The van der Waals surface area contributed by atoms with Gasteiger partial charge in [-0.3, -0.25) is 0 Å². The van der Waals surface area contributed by atoms with Crippen LogP contribution < -0.4 is 0 Å². The molecular formula is C11H15FO2S. The Labute approximate surface area is 93.5 Å². The molecule has 1 aromatic rings. The van der Waals surface area contributed by atoms with Gasteiger partial charge in [0.25, 0.3) is 0 Å². The van der Waals surface area contributed by atoms with E-state index in [0.29, 0.717) is 23.9 Å². The van der Waals surface area contributed by atoms with Gasteiger partial charge in [-0.25, -0.2) is 4.39 Å². The smallest absolute Gasteiger partial charge is 0.136 e. The topological polar surface area (TPSA) is 29.5 Å². The second-order valence-electron chi connectivity index (χ2n) is 3.05. The monoisotopic (exact) mass is 230 g/mol. The predicted octanol–water partition coefficient (Wildman–Crippen LogP) is 2.32. The summed E-state index contributed by atoms with van der Waals surface area (Å²) in [4.78, 5) is 0.563. The fourth-order valence-corrected chi connectivity index (χ4v) is 1.90. The summed E-state index contributed by atoms with van der Waals surface area (Å²) in [6.45, 7) is 2.76. The molecule has 0 spiro atoms. The Morgan fingerprint density at radius 2 is 2.20 bits per heavy atom. The van der Waals surface area contributed by atoms with Crippen molar-refractivity contribution in [2.75, 3.05) is 19.0 Å². The summed E-state index contributed by atoms with van der Waals surface area (Å²) in [5.74, 6) is 0.201. The molecule has 4 heteroatoms. The van der Waals surface area contributed by atoms with Crippen LogP contribution in [0.2, 0.25) is 0 Å². The second-order valence-corrected chi connectivity index (χ2v) is 4.12. The second kappa shape index (κ2) is 6.82. The van der Waals surface area contributed by atoms with Crippen molar-refractivity contribution < 1.29 is 14.2 Å². The molecule has 0 fully saturated rings. The minimum absolute atomic E-state index is 0.244. The van der Waals surface area contributed by atoms with Crippen molar-refractivity contribution in [1.29, 1.82) is 0 Å². The molecule has 1 N–H and O–H groups in total. The molecular weight excluding hydrogens is 215 g/mol. The number of halogens is 1. The molecule has 15 heavy (non-hydrogen) atoms. The summed E-state index contributed by atoms with van der Waals surface area (Å²) in [6, 6.07) is 6.54. The SMILES string of the molecule is CCOCC(O)CSc1ccccc1F. The Morgan fingerprint density at radius 1 is 1.47 bits per heavy atom. The van der Waals surface area contributed by atoms with Crippen LogP contribution in [0.4, 0.5) is 4.39 Å². The van der Waals surface area contributed by atoms with Crippen LogP contribution in [0, 0.1) is 5.82 Å². The Kier molecular flexibility index (Phi) is 5.68.